The van der Waals surface area contributed by atoms with Gasteiger partial charge in [-0.3, -0.25) is 9.59 Å². The minimum atomic E-state index is -0.187. The van der Waals surface area contributed by atoms with E-state index in [2.05, 4.69) is 10.6 Å². The van der Waals surface area contributed by atoms with Crippen LogP contribution in [0.2, 0.25) is 0 Å². The molecule has 0 heterocycles. The number of hydrogen-bond donors (Lipinski definition) is 3. The molecule has 2 rings (SSSR count). The van der Waals surface area contributed by atoms with E-state index in [0.29, 0.717) is 24.2 Å². The van der Waals surface area contributed by atoms with Gasteiger partial charge in [-0.05, 0) is 31.0 Å². The Hall–Kier alpha value is -2.14. The monoisotopic (exact) mass is 287 g/mol. The van der Waals surface area contributed by atoms with E-state index >= 15 is 0 Å². The van der Waals surface area contributed by atoms with Gasteiger partial charge < -0.3 is 16.4 Å². The minimum Gasteiger partial charge on any atom is -0.326 e. The van der Waals surface area contributed by atoms with Crippen molar-refractivity contribution in [2.45, 2.75) is 32.7 Å². The van der Waals surface area contributed by atoms with Gasteiger partial charge in [-0.25, -0.2) is 0 Å². The number of benzene rings is 1. The van der Waals surface area contributed by atoms with Crippen LogP contribution in [0.5, 0.6) is 0 Å². The highest BCUT2D eigenvalue weighted by molar-refractivity contribution is 5.96. The summed E-state index contributed by atoms with van der Waals surface area (Å²) in [7, 11) is 0. The first-order valence-corrected chi connectivity index (χ1v) is 7.15. The summed E-state index contributed by atoms with van der Waals surface area (Å²) in [6, 6.07) is 5.43. The quantitative estimate of drug-likeness (QED) is 0.742. The zero-order valence-corrected chi connectivity index (χ0v) is 12.3. The van der Waals surface area contributed by atoms with Crippen molar-refractivity contribution in [3.63, 3.8) is 0 Å². The average molecular weight is 287 g/mol. The van der Waals surface area contributed by atoms with Crippen LogP contribution in [0, 0.1) is 12.8 Å². The third-order valence-electron chi connectivity index (χ3n) is 3.55. The van der Waals surface area contributed by atoms with Crippen molar-refractivity contribution < 1.29 is 9.59 Å². The van der Waals surface area contributed by atoms with Gasteiger partial charge in [0.1, 0.15) is 0 Å². The second-order valence-corrected chi connectivity index (χ2v) is 5.31. The van der Waals surface area contributed by atoms with Gasteiger partial charge in [0.2, 0.25) is 11.8 Å². The van der Waals surface area contributed by atoms with Crippen LogP contribution in [0.4, 0.5) is 11.4 Å². The van der Waals surface area contributed by atoms with Crippen LogP contribution in [0.1, 0.15) is 25.3 Å². The Morgan fingerprint density at radius 1 is 1.29 bits per heavy atom. The lowest BCUT2D eigenvalue weighted by Crippen LogP contribution is -2.24. The van der Waals surface area contributed by atoms with Crippen LogP contribution in [-0.4, -0.2) is 17.9 Å². The number of amides is 2. The summed E-state index contributed by atoms with van der Waals surface area (Å²) in [5.74, 6) is -0.310. The normalized spacial score (nSPS) is 20.3. The summed E-state index contributed by atoms with van der Waals surface area (Å²) >= 11 is 0. The first-order chi connectivity index (χ1) is 9.99. The van der Waals surface area contributed by atoms with Crippen LogP contribution in [0.25, 0.3) is 0 Å². The molecule has 2 amide bonds. The van der Waals surface area contributed by atoms with E-state index in [0.717, 1.165) is 5.56 Å². The first-order valence-electron chi connectivity index (χ1n) is 7.15. The summed E-state index contributed by atoms with van der Waals surface area (Å²) in [5, 5.41) is 5.69. The van der Waals surface area contributed by atoms with Crippen molar-refractivity contribution >= 4 is 23.2 Å². The number of hydrogen-bond acceptors (Lipinski definition) is 3. The maximum atomic E-state index is 12.2. The topological polar surface area (TPSA) is 84.2 Å². The maximum Gasteiger partial charge on any atom is 0.231 e. The highest BCUT2D eigenvalue weighted by Gasteiger charge is 2.23. The third kappa shape index (κ3) is 3.92. The summed E-state index contributed by atoms with van der Waals surface area (Å²) in [4.78, 5) is 23.6. The van der Waals surface area contributed by atoms with Gasteiger partial charge in [-0.15, -0.1) is 0 Å². The fourth-order valence-electron chi connectivity index (χ4n) is 2.23. The number of carbonyl (C=O) groups excluding carboxylic acids is 2. The molecule has 5 heteroatoms. The molecule has 1 aliphatic rings. The van der Waals surface area contributed by atoms with E-state index in [1.807, 2.05) is 31.2 Å². The van der Waals surface area contributed by atoms with Crippen LogP contribution >= 0.6 is 0 Å². The van der Waals surface area contributed by atoms with E-state index in [1.165, 1.54) is 0 Å². The van der Waals surface area contributed by atoms with Gasteiger partial charge in [-0.2, -0.15) is 0 Å². The summed E-state index contributed by atoms with van der Waals surface area (Å²) < 4.78 is 0. The maximum absolute atomic E-state index is 12.2. The molecule has 2 unspecified atom stereocenters. The summed E-state index contributed by atoms with van der Waals surface area (Å²) in [6.07, 6.45) is 4.75. The predicted molar refractivity (Wildman–Crippen MR) is 84.0 cm³/mol. The molecule has 0 fully saturated rings. The lowest BCUT2D eigenvalue weighted by atomic mass is 10.1. The molecule has 0 radical (unpaired) electrons. The molecule has 1 aromatic carbocycles. The molecule has 1 aliphatic carbocycles. The van der Waals surface area contributed by atoms with Crippen LogP contribution < -0.4 is 16.4 Å². The summed E-state index contributed by atoms with van der Waals surface area (Å²) in [5.41, 5.74) is 8.11. The van der Waals surface area contributed by atoms with Gasteiger partial charge >= 0.3 is 0 Å². The first kappa shape index (κ1) is 15.3. The molecule has 5 nitrogen and oxygen atoms in total. The number of rotatable bonds is 4. The number of nitrogens with one attached hydrogen (secondary N) is 2. The predicted octanol–water partition coefficient (Wildman–Crippen LogP) is 2.19. The van der Waals surface area contributed by atoms with Gasteiger partial charge in [0.25, 0.3) is 0 Å². The molecule has 0 saturated carbocycles. The van der Waals surface area contributed by atoms with Gasteiger partial charge in [0, 0.05) is 23.8 Å². The number of anilines is 2. The fourth-order valence-corrected chi connectivity index (χ4v) is 2.23. The Morgan fingerprint density at radius 2 is 2.05 bits per heavy atom. The van der Waals surface area contributed by atoms with Crippen molar-refractivity contribution in [2.24, 2.45) is 11.7 Å². The fraction of sp³-hybridized carbons (Fsp3) is 0.375. The molecule has 2 atom stereocenters. The number of aryl methyl sites for hydroxylation is 1. The van der Waals surface area contributed by atoms with Gasteiger partial charge in [0.05, 0.1) is 5.92 Å². The van der Waals surface area contributed by atoms with E-state index in [9.17, 15) is 9.59 Å². The molecule has 0 spiro atoms. The van der Waals surface area contributed by atoms with E-state index in [4.69, 9.17) is 5.73 Å². The third-order valence-corrected chi connectivity index (χ3v) is 3.55. The molecular weight excluding hydrogens is 266 g/mol. The Morgan fingerprint density at radius 3 is 2.67 bits per heavy atom. The van der Waals surface area contributed by atoms with Crippen molar-refractivity contribution in [1.29, 1.82) is 0 Å². The molecule has 4 N–H and O–H groups in total. The SMILES string of the molecule is CCC(=O)Nc1ccc(C)c(NC(=O)C2C=CC(N)C2)c1. The van der Waals surface area contributed by atoms with Crippen LogP contribution in [0.15, 0.2) is 30.4 Å². The standard InChI is InChI=1S/C16H21N3O2/c1-3-15(20)18-13-7-4-10(2)14(9-13)19-16(21)11-5-6-12(17)8-11/h4-7,9,11-12H,3,8,17H2,1-2H3,(H,18,20)(H,19,21). The second-order valence-electron chi connectivity index (χ2n) is 5.31. The van der Waals surface area contributed by atoms with Crippen molar-refractivity contribution in [1.82, 2.24) is 0 Å². The Balaban J connectivity index is 2.08. The number of carbonyl (C=O) groups is 2. The molecule has 0 aromatic heterocycles. The average Bonchev–Trinajstić information content (AvgIpc) is 2.89. The van der Waals surface area contributed by atoms with Crippen LogP contribution in [0.3, 0.4) is 0 Å². The van der Waals surface area contributed by atoms with Gasteiger partial charge in [0.15, 0.2) is 0 Å². The van der Waals surface area contributed by atoms with E-state index < -0.39 is 0 Å². The van der Waals surface area contributed by atoms with Crippen molar-refractivity contribution in [2.75, 3.05) is 10.6 Å². The highest BCUT2D eigenvalue weighted by atomic mass is 16.2. The molecule has 0 aliphatic heterocycles. The Kier molecular flexibility index (Phi) is 4.75. The molecule has 112 valence electrons. The minimum absolute atomic E-state index is 0.0444. The molecule has 1 aromatic rings. The molecule has 21 heavy (non-hydrogen) atoms. The molecule has 0 bridgehead atoms. The van der Waals surface area contributed by atoms with E-state index in [-0.39, 0.29) is 23.8 Å². The zero-order chi connectivity index (χ0) is 15.4. The summed E-state index contributed by atoms with van der Waals surface area (Å²) in [6.45, 7) is 3.71. The second kappa shape index (κ2) is 6.54. The molecule has 0 saturated heterocycles. The lowest BCUT2D eigenvalue weighted by molar-refractivity contribution is -0.118. The largest absolute Gasteiger partial charge is 0.326 e. The number of nitrogens with two attached hydrogens (primary N) is 1. The van der Waals surface area contributed by atoms with E-state index in [1.54, 1.807) is 13.0 Å². The van der Waals surface area contributed by atoms with Crippen molar-refractivity contribution in [3.8, 4) is 0 Å². The Bertz CT molecular complexity index is 581. The van der Waals surface area contributed by atoms with Crippen LogP contribution in [-0.2, 0) is 9.59 Å². The molecular formula is C16H21N3O2. The van der Waals surface area contributed by atoms with Crippen molar-refractivity contribution in [3.05, 3.63) is 35.9 Å². The smallest absolute Gasteiger partial charge is 0.231 e. The zero-order valence-electron chi connectivity index (χ0n) is 12.3. The lowest BCUT2D eigenvalue weighted by Gasteiger charge is -2.14. The highest BCUT2D eigenvalue weighted by Crippen LogP contribution is 2.23. The Labute approximate surface area is 124 Å². The van der Waals surface area contributed by atoms with Gasteiger partial charge in [-0.1, -0.05) is 25.1 Å².